The van der Waals surface area contributed by atoms with Gasteiger partial charge in [-0.25, -0.2) is 9.71 Å². The van der Waals surface area contributed by atoms with E-state index in [-0.39, 0.29) is 18.9 Å². The summed E-state index contributed by atoms with van der Waals surface area (Å²) in [6.45, 7) is 0.564. The summed E-state index contributed by atoms with van der Waals surface area (Å²) in [5, 5.41) is 8.06. The molecule has 0 fully saturated rings. The van der Waals surface area contributed by atoms with Crippen LogP contribution in [0.4, 0.5) is 5.69 Å². The number of methoxy groups -OCH3 is 1. The van der Waals surface area contributed by atoms with Crippen molar-refractivity contribution in [3.63, 3.8) is 0 Å². The van der Waals surface area contributed by atoms with E-state index < -0.39 is 10.2 Å². The van der Waals surface area contributed by atoms with E-state index in [2.05, 4.69) is 19.9 Å². The second-order valence-corrected chi connectivity index (χ2v) is 9.32. The van der Waals surface area contributed by atoms with Crippen LogP contribution in [0.3, 0.4) is 0 Å². The van der Waals surface area contributed by atoms with Gasteiger partial charge in [-0.3, -0.25) is 9.89 Å². The maximum atomic E-state index is 13.2. The average Bonchev–Trinajstić information content (AvgIpc) is 3.20. The van der Waals surface area contributed by atoms with Crippen LogP contribution < -0.4 is 14.4 Å². The van der Waals surface area contributed by atoms with Gasteiger partial charge in [0, 0.05) is 63.4 Å². The van der Waals surface area contributed by atoms with Gasteiger partial charge in [0.05, 0.1) is 12.8 Å². The third kappa shape index (κ3) is 5.81. The Morgan fingerprint density at radius 1 is 1.22 bits per heavy atom. The fourth-order valence-electron chi connectivity index (χ4n) is 3.20. The minimum Gasteiger partial charge on any atom is -0.497 e. The topological polar surface area (TPSA) is 121 Å². The average molecular weight is 461 g/mol. The normalized spacial score (nSPS) is 11.8. The van der Waals surface area contributed by atoms with Crippen molar-refractivity contribution in [2.45, 2.75) is 19.3 Å². The van der Waals surface area contributed by atoms with Gasteiger partial charge in [0.15, 0.2) is 5.65 Å². The Balaban J connectivity index is 1.70. The second-order valence-electron chi connectivity index (χ2n) is 7.35. The van der Waals surface area contributed by atoms with Crippen LogP contribution in [-0.2, 0) is 21.4 Å². The number of nitrogens with zero attached hydrogens (tertiary/aromatic N) is 4. The molecule has 10 nitrogen and oxygen atoms in total. The second kappa shape index (κ2) is 10.5. The van der Waals surface area contributed by atoms with Gasteiger partial charge >= 0.3 is 0 Å². The highest BCUT2D eigenvalue weighted by Crippen LogP contribution is 2.23. The molecule has 0 saturated carbocycles. The highest BCUT2D eigenvalue weighted by atomic mass is 32.2. The molecular formula is C21H28N6O4S. The number of aromatic amines is 1. The van der Waals surface area contributed by atoms with Gasteiger partial charge in [0.1, 0.15) is 5.75 Å². The summed E-state index contributed by atoms with van der Waals surface area (Å²) in [4.78, 5) is 19.0. The molecule has 0 atom stereocenters. The molecule has 0 spiro atoms. The zero-order valence-corrected chi connectivity index (χ0v) is 19.2. The Kier molecular flexibility index (Phi) is 7.78. The van der Waals surface area contributed by atoms with E-state index in [1.165, 1.54) is 14.1 Å². The molecule has 0 aliphatic rings. The first-order chi connectivity index (χ1) is 15.3. The molecule has 3 rings (SSSR count). The van der Waals surface area contributed by atoms with Crippen molar-refractivity contribution in [2.75, 3.05) is 39.2 Å². The highest BCUT2D eigenvalue weighted by molar-refractivity contribution is 7.87. The number of carbonyl (C=O) groups excluding carboxylic acids is 1. The van der Waals surface area contributed by atoms with E-state index >= 15 is 0 Å². The Morgan fingerprint density at radius 3 is 2.78 bits per heavy atom. The summed E-state index contributed by atoms with van der Waals surface area (Å²) in [5.74, 6) is 0.548. The van der Waals surface area contributed by atoms with E-state index in [1.807, 2.05) is 24.3 Å². The van der Waals surface area contributed by atoms with E-state index in [0.29, 0.717) is 36.5 Å². The number of amides is 1. The van der Waals surface area contributed by atoms with Crippen molar-refractivity contribution in [3.05, 3.63) is 48.3 Å². The molecule has 0 radical (unpaired) electrons. The number of rotatable bonds is 11. The van der Waals surface area contributed by atoms with Crippen LogP contribution in [-0.4, -0.2) is 68.1 Å². The van der Waals surface area contributed by atoms with Gasteiger partial charge in [-0.2, -0.15) is 17.8 Å². The molecule has 0 aliphatic carbocycles. The lowest BCUT2D eigenvalue weighted by atomic mass is 10.1. The number of benzene rings is 1. The Labute approximate surface area is 187 Å². The molecule has 11 heteroatoms. The minimum atomic E-state index is -3.51. The summed E-state index contributed by atoms with van der Waals surface area (Å²) < 4.78 is 32.7. The smallest absolute Gasteiger partial charge is 0.278 e. The van der Waals surface area contributed by atoms with Gasteiger partial charge in [0.2, 0.25) is 5.91 Å². The summed E-state index contributed by atoms with van der Waals surface area (Å²) in [5.41, 5.74) is 2.16. The highest BCUT2D eigenvalue weighted by Gasteiger charge is 2.19. The lowest BCUT2D eigenvalue weighted by Gasteiger charge is -2.23. The predicted molar refractivity (Wildman–Crippen MR) is 123 cm³/mol. The first-order valence-electron chi connectivity index (χ1n) is 10.2. The fourth-order valence-corrected chi connectivity index (χ4v) is 3.86. The molecule has 2 N–H and O–H groups in total. The number of ether oxygens (including phenoxy) is 1. The molecule has 0 saturated heterocycles. The third-order valence-corrected chi connectivity index (χ3v) is 6.51. The van der Waals surface area contributed by atoms with Gasteiger partial charge in [-0.15, -0.1) is 0 Å². The number of aryl methyl sites for hydroxylation is 1. The molecule has 32 heavy (non-hydrogen) atoms. The Bertz CT molecular complexity index is 1160. The lowest BCUT2D eigenvalue weighted by molar-refractivity contribution is -0.118. The zero-order valence-electron chi connectivity index (χ0n) is 18.4. The summed E-state index contributed by atoms with van der Waals surface area (Å²) >= 11 is 0. The summed E-state index contributed by atoms with van der Waals surface area (Å²) in [6, 6.07) is 11.0. The number of aromatic nitrogens is 3. The van der Waals surface area contributed by atoms with Crippen LogP contribution in [0.25, 0.3) is 11.0 Å². The van der Waals surface area contributed by atoms with Gasteiger partial charge in [-0.05, 0) is 30.7 Å². The molecular weight excluding hydrogens is 432 g/mol. The number of hydrogen-bond donors (Lipinski definition) is 2. The molecule has 2 heterocycles. The third-order valence-electron chi connectivity index (χ3n) is 4.98. The van der Waals surface area contributed by atoms with Crippen molar-refractivity contribution in [2.24, 2.45) is 0 Å². The first-order valence-corrected chi connectivity index (χ1v) is 11.7. The number of carbonyl (C=O) groups is 1. The Hall–Kier alpha value is -3.02. The quantitative estimate of drug-likeness (QED) is 0.420. The van der Waals surface area contributed by atoms with Crippen LogP contribution in [0.1, 0.15) is 18.5 Å². The van der Waals surface area contributed by atoms with E-state index in [9.17, 15) is 13.2 Å². The number of fused-ring (bicyclic) bond motifs is 1. The Morgan fingerprint density at radius 2 is 2.03 bits per heavy atom. The first kappa shape index (κ1) is 23.6. The maximum absolute atomic E-state index is 13.2. The van der Waals surface area contributed by atoms with Crippen molar-refractivity contribution in [3.8, 4) is 5.75 Å². The van der Waals surface area contributed by atoms with Crippen LogP contribution in [0.5, 0.6) is 5.75 Å². The van der Waals surface area contributed by atoms with Crippen LogP contribution in [0.2, 0.25) is 0 Å². The molecule has 0 bridgehead atoms. The molecule has 1 aromatic carbocycles. The maximum Gasteiger partial charge on any atom is 0.278 e. The zero-order chi connectivity index (χ0) is 23.1. The van der Waals surface area contributed by atoms with Crippen molar-refractivity contribution >= 4 is 32.8 Å². The number of anilines is 1. The number of H-pyrrole nitrogens is 1. The number of hydrogen-bond acceptors (Lipinski definition) is 6. The molecule has 172 valence electrons. The van der Waals surface area contributed by atoms with E-state index in [4.69, 9.17) is 4.74 Å². The van der Waals surface area contributed by atoms with Gasteiger partial charge in [-0.1, -0.05) is 6.07 Å². The van der Waals surface area contributed by atoms with Gasteiger partial charge in [0.25, 0.3) is 10.2 Å². The standard InChI is InChI=1S/C21H28N6O4S/c1-26(2)32(29,30)23-13-6-14-27(16-7-4-8-17(15-16)31-3)20(28)11-10-19-18-9-5-12-22-21(18)25-24-19/h4-5,7-9,12,15,23H,6,10-11,13-14H2,1-3H3,(H,22,24,25). The summed E-state index contributed by atoms with van der Waals surface area (Å²) in [6.07, 6.45) is 2.84. The molecule has 0 unspecified atom stereocenters. The minimum absolute atomic E-state index is 0.0891. The molecule has 3 aromatic rings. The van der Waals surface area contributed by atoms with Crippen LogP contribution >= 0.6 is 0 Å². The van der Waals surface area contributed by atoms with Crippen LogP contribution in [0.15, 0.2) is 42.6 Å². The van der Waals surface area contributed by atoms with Crippen molar-refractivity contribution in [1.82, 2.24) is 24.2 Å². The molecule has 0 aliphatic heterocycles. The summed E-state index contributed by atoms with van der Waals surface area (Å²) in [7, 11) is 0.979. The van der Waals surface area contributed by atoms with E-state index in [1.54, 1.807) is 30.3 Å². The van der Waals surface area contributed by atoms with Crippen molar-refractivity contribution in [1.29, 1.82) is 0 Å². The fraction of sp³-hybridized carbons (Fsp3) is 0.381. The predicted octanol–water partition coefficient (Wildman–Crippen LogP) is 1.72. The van der Waals surface area contributed by atoms with Gasteiger partial charge < -0.3 is 9.64 Å². The largest absolute Gasteiger partial charge is 0.497 e. The SMILES string of the molecule is COc1cccc(N(CCCNS(=O)(=O)N(C)C)C(=O)CCc2n[nH]c3ncccc23)c1. The monoisotopic (exact) mass is 460 g/mol. The molecule has 2 aromatic heterocycles. The number of nitrogens with one attached hydrogen (secondary N) is 2. The lowest BCUT2D eigenvalue weighted by Crippen LogP contribution is -2.38. The molecule has 1 amide bonds. The van der Waals surface area contributed by atoms with Crippen LogP contribution in [0, 0.1) is 0 Å². The van der Waals surface area contributed by atoms with E-state index in [0.717, 1.165) is 15.4 Å². The van der Waals surface area contributed by atoms with Crippen molar-refractivity contribution < 1.29 is 17.9 Å². The number of pyridine rings is 1.